The molecule has 0 radical (unpaired) electrons. The first-order valence-electron chi connectivity index (χ1n) is 4.21. The highest BCUT2D eigenvalue weighted by atomic mass is 127. The highest BCUT2D eigenvalue weighted by Crippen LogP contribution is 2.28. The SMILES string of the molecule is Cc1nc2c(F)cc(F)cc2c(N)c1I. The molecule has 0 aliphatic rings. The van der Waals surface area contributed by atoms with Gasteiger partial charge in [0.2, 0.25) is 0 Å². The third-order valence-electron chi connectivity index (χ3n) is 2.15. The van der Waals surface area contributed by atoms with Gasteiger partial charge in [-0.3, -0.25) is 0 Å². The molecule has 78 valence electrons. The van der Waals surface area contributed by atoms with Crippen LogP contribution in [-0.2, 0) is 0 Å². The van der Waals surface area contributed by atoms with E-state index in [1.54, 1.807) is 6.92 Å². The largest absolute Gasteiger partial charge is 0.397 e. The van der Waals surface area contributed by atoms with E-state index in [0.29, 0.717) is 16.8 Å². The zero-order valence-corrected chi connectivity index (χ0v) is 9.97. The second-order valence-corrected chi connectivity index (χ2v) is 4.29. The minimum atomic E-state index is -0.684. The van der Waals surface area contributed by atoms with Crippen molar-refractivity contribution in [1.82, 2.24) is 4.98 Å². The minimum Gasteiger partial charge on any atom is -0.397 e. The molecule has 0 aliphatic heterocycles. The molecule has 0 fully saturated rings. The molecule has 2 N–H and O–H groups in total. The molecule has 5 heteroatoms. The first-order valence-corrected chi connectivity index (χ1v) is 5.29. The van der Waals surface area contributed by atoms with E-state index in [0.717, 1.165) is 9.64 Å². The van der Waals surface area contributed by atoms with Crippen LogP contribution in [0.1, 0.15) is 5.69 Å². The molecule has 0 amide bonds. The third-order valence-corrected chi connectivity index (χ3v) is 3.51. The lowest BCUT2D eigenvalue weighted by Gasteiger charge is -2.07. The first kappa shape index (κ1) is 10.5. The summed E-state index contributed by atoms with van der Waals surface area (Å²) in [6.07, 6.45) is 0. The molecular weight excluding hydrogens is 313 g/mol. The Morgan fingerprint density at radius 2 is 2.00 bits per heavy atom. The number of anilines is 1. The van der Waals surface area contributed by atoms with E-state index in [4.69, 9.17) is 5.73 Å². The molecule has 0 spiro atoms. The van der Waals surface area contributed by atoms with Crippen molar-refractivity contribution in [3.05, 3.63) is 33.0 Å². The van der Waals surface area contributed by atoms with Crippen molar-refractivity contribution in [2.75, 3.05) is 5.73 Å². The van der Waals surface area contributed by atoms with Gasteiger partial charge in [-0.2, -0.15) is 0 Å². The Balaban J connectivity index is 2.98. The van der Waals surface area contributed by atoms with Gasteiger partial charge in [0.1, 0.15) is 11.3 Å². The van der Waals surface area contributed by atoms with Gasteiger partial charge in [0.05, 0.1) is 15.0 Å². The number of benzene rings is 1. The van der Waals surface area contributed by atoms with Gasteiger partial charge in [0.15, 0.2) is 5.82 Å². The summed E-state index contributed by atoms with van der Waals surface area (Å²) in [4.78, 5) is 4.05. The second-order valence-electron chi connectivity index (χ2n) is 3.21. The van der Waals surface area contributed by atoms with Gasteiger partial charge in [-0.1, -0.05) is 0 Å². The Labute approximate surface area is 98.6 Å². The molecular formula is C10H7F2IN2. The Hall–Kier alpha value is -0.980. The van der Waals surface area contributed by atoms with Crippen LogP contribution in [0.15, 0.2) is 12.1 Å². The molecule has 0 saturated carbocycles. The Morgan fingerprint density at radius 1 is 1.33 bits per heavy atom. The van der Waals surface area contributed by atoms with Crippen LogP contribution < -0.4 is 5.73 Å². The zero-order valence-electron chi connectivity index (χ0n) is 7.81. The Bertz CT molecular complexity index is 555. The van der Waals surface area contributed by atoms with Crippen LogP contribution in [0.2, 0.25) is 0 Å². The molecule has 0 unspecified atom stereocenters. The molecule has 2 aromatic rings. The summed E-state index contributed by atoms with van der Waals surface area (Å²) < 4.78 is 27.1. The number of rotatable bonds is 0. The molecule has 15 heavy (non-hydrogen) atoms. The van der Waals surface area contributed by atoms with Crippen LogP contribution in [0.3, 0.4) is 0 Å². The van der Waals surface area contributed by atoms with Gasteiger partial charge < -0.3 is 5.73 Å². The van der Waals surface area contributed by atoms with Gasteiger partial charge in [0.25, 0.3) is 0 Å². The van der Waals surface area contributed by atoms with Gasteiger partial charge in [-0.15, -0.1) is 0 Å². The molecule has 0 saturated heterocycles. The minimum absolute atomic E-state index is 0.117. The monoisotopic (exact) mass is 320 g/mol. The summed E-state index contributed by atoms with van der Waals surface area (Å²) >= 11 is 2.01. The van der Waals surface area contributed by atoms with E-state index < -0.39 is 11.6 Å². The van der Waals surface area contributed by atoms with Crippen molar-refractivity contribution in [3.8, 4) is 0 Å². The Kier molecular flexibility index (Phi) is 2.49. The fourth-order valence-electron chi connectivity index (χ4n) is 1.41. The number of halogens is 3. The van der Waals surface area contributed by atoms with Gasteiger partial charge in [-0.25, -0.2) is 13.8 Å². The normalized spacial score (nSPS) is 10.9. The molecule has 0 bridgehead atoms. The number of aromatic nitrogens is 1. The maximum Gasteiger partial charge on any atom is 0.152 e. The number of nitrogen functional groups attached to an aromatic ring is 1. The summed E-state index contributed by atoms with van der Waals surface area (Å²) in [6.45, 7) is 1.74. The quantitative estimate of drug-likeness (QED) is 0.758. The van der Waals surface area contributed by atoms with Crippen LogP contribution in [-0.4, -0.2) is 4.98 Å². The maximum atomic E-state index is 13.4. The lowest BCUT2D eigenvalue weighted by atomic mass is 10.1. The lowest BCUT2D eigenvalue weighted by Crippen LogP contribution is -1.99. The van der Waals surface area contributed by atoms with E-state index in [2.05, 4.69) is 4.98 Å². The second kappa shape index (κ2) is 3.55. The van der Waals surface area contributed by atoms with E-state index in [9.17, 15) is 8.78 Å². The number of pyridine rings is 1. The van der Waals surface area contributed by atoms with Crippen molar-refractivity contribution in [1.29, 1.82) is 0 Å². The van der Waals surface area contributed by atoms with Crippen LogP contribution in [0.25, 0.3) is 10.9 Å². The number of hydrogen-bond donors (Lipinski definition) is 1. The number of fused-ring (bicyclic) bond motifs is 1. The maximum absolute atomic E-state index is 13.4. The summed E-state index contributed by atoms with van der Waals surface area (Å²) in [6, 6.07) is 2.00. The number of aryl methyl sites for hydroxylation is 1. The van der Waals surface area contributed by atoms with E-state index >= 15 is 0 Å². The molecule has 2 nitrogen and oxygen atoms in total. The predicted molar refractivity (Wildman–Crippen MR) is 63.5 cm³/mol. The molecule has 1 aromatic carbocycles. The predicted octanol–water partition coefficient (Wildman–Crippen LogP) is 3.01. The smallest absolute Gasteiger partial charge is 0.152 e. The average Bonchev–Trinajstić information content (AvgIpc) is 2.17. The van der Waals surface area contributed by atoms with Gasteiger partial charge in [-0.05, 0) is 35.6 Å². The number of nitrogens with zero attached hydrogens (tertiary/aromatic N) is 1. The summed E-state index contributed by atoms with van der Waals surface area (Å²) in [5.74, 6) is -1.33. The number of hydrogen-bond acceptors (Lipinski definition) is 2. The highest BCUT2D eigenvalue weighted by Gasteiger charge is 2.12. The fraction of sp³-hybridized carbons (Fsp3) is 0.100. The highest BCUT2D eigenvalue weighted by molar-refractivity contribution is 14.1. The topological polar surface area (TPSA) is 38.9 Å². The molecule has 2 rings (SSSR count). The van der Waals surface area contributed by atoms with E-state index in [1.807, 2.05) is 22.6 Å². The molecule has 0 atom stereocenters. The summed E-state index contributed by atoms with van der Waals surface area (Å²) in [5.41, 5.74) is 6.91. The molecule has 1 aromatic heterocycles. The zero-order chi connectivity index (χ0) is 11.2. The van der Waals surface area contributed by atoms with Crippen LogP contribution in [0, 0.1) is 22.1 Å². The van der Waals surface area contributed by atoms with Gasteiger partial charge >= 0.3 is 0 Å². The molecule has 1 heterocycles. The van der Waals surface area contributed by atoms with Crippen LogP contribution in [0.4, 0.5) is 14.5 Å². The number of nitrogens with two attached hydrogens (primary N) is 1. The van der Waals surface area contributed by atoms with Crippen molar-refractivity contribution in [3.63, 3.8) is 0 Å². The third kappa shape index (κ3) is 1.64. The average molecular weight is 320 g/mol. The van der Waals surface area contributed by atoms with Crippen molar-refractivity contribution < 1.29 is 8.78 Å². The molecule has 0 aliphatic carbocycles. The van der Waals surface area contributed by atoms with E-state index in [1.165, 1.54) is 6.07 Å². The van der Waals surface area contributed by atoms with Crippen molar-refractivity contribution in [2.24, 2.45) is 0 Å². The van der Waals surface area contributed by atoms with Crippen molar-refractivity contribution >= 4 is 39.2 Å². The van der Waals surface area contributed by atoms with Gasteiger partial charge in [0, 0.05) is 11.5 Å². The van der Waals surface area contributed by atoms with Crippen LogP contribution in [0.5, 0.6) is 0 Å². The van der Waals surface area contributed by atoms with E-state index in [-0.39, 0.29) is 5.52 Å². The fourth-order valence-corrected chi connectivity index (χ4v) is 1.83. The lowest BCUT2D eigenvalue weighted by molar-refractivity contribution is 0.590. The van der Waals surface area contributed by atoms with Crippen molar-refractivity contribution in [2.45, 2.75) is 6.92 Å². The first-order chi connectivity index (χ1) is 7.00. The Morgan fingerprint density at radius 3 is 2.67 bits per heavy atom. The van der Waals surface area contributed by atoms with Crippen LogP contribution >= 0.6 is 22.6 Å². The standard InChI is InChI=1S/C10H7F2IN2/c1-4-8(13)9(14)6-2-5(11)3-7(12)10(6)15-4/h2-3H,1H3,(H2,14,15). The summed E-state index contributed by atoms with van der Waals surface area (Å²) in [7, 11) is 0. The summed E-state index contributed by atoms with van der Waals surface area (Å²) in [5, 5.41) is 0.322.